The Morgan fingerprint density at radius 2 is 2.00 bits per heavy atom. The van der Waals surface area contributed by atoms with E-state index in [-0.39, 0.29) is 17.1 Å². The van der Waals surface area contributed by atoms with Crippen LogP contribution in [0, 0.1) is 23.2 Å². The SMILES string of the molecule is C[C@]12CC[C@H]3[C@H](CC[C@]45O[C@H]4C(=O)C=C[C@]35O)[C@@H]1CCC2=O. The van der Waals surface area contributed by atoms with Gasteiger partial charge in [0, 0.05) is 11.8 Å². The minimum Gasteiger partial charge on any atom is -0.382 e. The first-order valence-electron chi connectivity index (χ1n) is 8.59. The summed E-state index contributed by atoms with van der Waals surface area (Å²) in [5.41, 5.74) is -1.85. The Kier molecular flexibility index (Phi) is 2.28. The van der Waals surface area contributed by atoms with E-state index in [0.717, 1.165) is 32.1 Å². The Balaban J connectivity index is 1.56. The van der Waals surface area contributed by atoms with Crippen LogP contribution in [-0.2, 0) is 14.3 Å². The van der Waals surface area contributed by atoms with Crippen LogP contribution in [0.4, 0.5) is 0 Å². The van der Waals surface area contributed by atoms with E-state index in [2.05, 4.69) is 6.92 Å². The first-order chi connectivity index (χ1) is 10.4. The fourth-order valence-corrected chi connectivity index (χ4v) is 6.42. The van der Waals surface area contributed by atoms with Crippen molar-refractivity contribution in [1.29, 1.82) is 0 Å². The maximum absolute atomic E-state index is 12.3. The van der Waals surface area contributed by atoms with E-state index in [1.165, 1.54) is 6.08 Å². The molecule has 4 aliphatic carbocycles. The van der Waals surface area contributed by atoms with E-state index in [9.17, 15) is 14.7 Å². The van der Waals surface area contributed by atoms with Gasteiger partial charge in [-0.05, 0) is 62.0 Å². The zero-order valence-corrected chi connectivity index (χ0v) is 12.9. The molecular formula is C18H22O4. The number of Topliss-reactive ketones (excluding diaryl/α,β-unsaturated/α-hetero) is 1. The van der Waals surface area contributed by atoms with Crippen molar-refractivity contribution in [2.24, 2.45) is 23.2 Å². The number of ketones is 2. The molecule has 0 amide bonds. The number of aliphatic hydroxyl groups is 1. The summed E-state index contributed by atoms with van der Waals surface area (Å²) in [6, 6.07) is 0. The summed E-state index contributed by atoms with van der Waals surface area (Å²) < 4.78 is 5.76. The van der Waals surface area contributed by atoms with Crippen molar-refractivity contribution >= 4 is 11.6 Å². The average Bonchev–Trinajstić information content (AvgIpc) is 3.17. The molecule has 118 valence electrons. The molecule has 5 aliphatic rings. The number of ether oxygens (including phenoxy) is 1. The van der Waals surface area contributed by atoms with Crippen molar-refractivity contribution in [2.75, 3.05) is 0 Å². The molecule has 0 radical (unpaired) electrons. The van der Waals surface area contributed by atoms with Gasteiger partial charge in [-0.3, -0.25) is 9.59 Å². The van der Waals surface area contributed by atoms with Gasteiger partial charge in [-0.25, -0.2) is 0 Å². The molecule has 0 unspecified atom stereocenters. The third-order valence-corrected chi connectivity index (χ3v) is 7.69. The van der Waals surface area contributed by atoms with Gasteiger partial charge in [0.1, 0.15) is 17.0 Å². The highest BCUT2D eigenvalue weighted by molar-refractivity contribution is 5.98. The molecule has 3 saturated carbocycles. The minimum atomic E-state index is -1.01. The van der Waals surface area contributed by atoms with Crippen molar-refractivity contribution in [3.8, 4) is 0 Å². The standard InChI is InChI=1S/C18H22O4/c1-16-7-5-12-10(11(16)2-3-14(16)20)4-9-18-15(22-18)13(19)6-8-17(12,18)21/h6,8,10-12,15,21H,2-5,7,9H2,1H3/t10-,11+,12+,15+,16+,17+,18+/m1/s1. The number of epoxide rings is 1. The van der Waals surface area contributed by atoms with Crippen molar-refractivity contribution in [2.45, 2.75) is 62.8 Å². The van der Waals surface area contributed by atoms with Gasteiger partial charge in [0.15, 0.2) is 11.9 Å². The molecule has 1 spiro atoms. The largest absolute Gasteiger partial charge is 0.382 e. The van der Waals surface area contributed by atoms with Gasteiger partial charge < -0.3 is 9.84 Å². The molecule has 0 aromatic rings. The van der Waals surface area contributed by atoms with Crippen LogP contribution in [-0.4, -0.2) is 34.0 Å². The highest BCUT2D eigenvalue weighted by Gasteiger charge is 2.77. The lowest BCUT2D eigenvalue weighted by molar-refractivity contribution is -0.150. The Bertz CT molecular complexity index is 625. The monoisotopic (exact) mass is 302 g/mol. The van der Waals surface area contributed by atoms with Crippen LogP contribution in [0.3, 0.4) is 0 Å². The predicted octanol–water partition coefficient (Wildman–Crippen LogP) is 1.80. The number of fused-ring (bicyclic) bond motifs is 4. The normalized spacial score (nSPS) is 58.6. The van der Waals surface area contributed by atoms with Gasteiger partial charge in [-0.2, -0.15) is 0 Å². The molecule has 1 aliphatic heterocycles. The molecule has 5 rings (SSSR count). The summed E-state index contributed by atoms with van der Waals surface area (Å²) >= 11 is 0. The van der Waals surface area contributed by atoms with E-state index in [0.29, 0.717) is 24.0 Å². The summed E-state index contributed by atoms with van der Waals surface area (Å²) in [4.78, 5) is 24.2. The second kappa shape index (κ2) is 3.73. The first kappa shape index (κ1) is 13.4. The average molecular weight is 302 g/mol. The summed E-state index contributed by atoms with van der Waals surface area (Å²) in [6.45, 7) is 2.13. The number of carbonyl (C=O) groups excluding carboxylic acids is 2. The van der Waals surface area contributed by atoms with Crippen LogP contribution in [0.15, 0.2) is 12.2 Å². The van der Waals surface area contributed by atoms with E-state index < -0.39 is 17.3 Å². The Labute approximate surface area is 129 Å². The van der Waals surface area contributed by atoms with Crippen molar-refractivity contribution in [3.63, 3.8) is 0 Å². The molecule has 0 aromatic carbocycles. The molecule has 7 atom stereocenters. The Morgan fingerprint density at radius 3 is 2.82 bits per heavy atom. The Hall–Kier alpha value is -1.00. The van der Waals surface area contributed by atoms with Gasteiger partial charge in [0.05, 0.1) is 0 Å². The fraction of sp³-hybridized carbons (Fsp3) is 0.778. The predicted molar refractivity (Wildman–Crippen MR) is 78.0 cm³/mol. The number of carbonyl (C=O) groups is 2. The zero-order chi connectivity index (χ0) is 15.3. The summed E-state index contributed by atoms with van der Waals surface area (Å²) in [7, 11) is 0. The molecule has 4 nitrogen and oxygen atoms in total. The fourth-order valence-electron chi connectivity index (χ4n) is 6.42. The highest BCUT2D eigenvalue weighted by atomic mass is 16.6. The maximum Gasteiger partial charge on any atom is 0.187 e. The zero-order valence-electron chi connectivity index (χ0n) is 12.9. The van der Waals surface area contributed by atoms with E-state index >= 15 is 0 Å². The first-order valence-corrected chi connectivity index (χ1v) is 8.59. The minimum absolute atomic E-state index is 0.000170. The second-order valence-corrected chi connectivity index (χ2v) is 8.28. The summed E-state index contributed by atoms with van der Waals surface area (Å²) in [5, 5.41) is 11.4. The van der Waals surface area contributed by atoms with Crippen LogP contribution >= 0.6 is 0 Å². The van der Waals surface area contributed by atoms with Gasteiger partial charge in [-0.15, -0.1) is 0 Å². The van der Waals surface area contributed by atoms with E-state index in [4.69, 9.17) is 4.74 Å². The van der Waals surface area contributed by atoms with E-state index in [1.54, 1.807) is 6.08 Å². The third-order valence-electron chi connectivity index (χ3n) is 7.69. The quantitative estimate of drug-likeness (QED) is 0.693. The number of hydrogen-bond donors (Lipinski definition) is 1. The molecule has 4 fully saturated rings. The van der Waals surface area contributed by atoms with Gasteiger partial charge in [0.2, 0.25) is 0 Å². The molecule has 1 N–H and O–H groups in total. The molecule has 4 heteroatoms. The van der Waals surface area contributed by atoms with Crippen LogP contribution in [0.1, 0.15) is 45.4 Å². The maximum atomic E-state index is 12.3. The summed E-state index contributed by atoms with van der Waals surface area (Å²) in [6.07, 6.45) is 7.90. The lowest BCUT2D eigenvalue weighted by atomic mass is 9.49. The molecule has 0 bridgehead atoms. The van der Waals surface area contributed by atoms with Crippen LogP contribution in [0.5, 0.6) is 0 Å². The molecular weight excluding hydrogens is 280 g/mol. The highest BCUT2D eigenvalue weighted by Crippen LogP contribution is 2.67. The molecule has 22 heavy (non-hydrogen) atoms. The lowest BCUT2D eigenvalue weighted by Crippen LogP contribution is -2.62. The topological polar surface area (TPSA) is 66.9 Å². The number of hydrogen-bond acceptors (Lipinski definition) is 4. The molecule has 1 saturated heterocycles. The van der Waals surface area contributed by atoms with Gasteiger partial charge >= 0.3 is 0 Å². The van der Waals surface area contributed by atoms with Crippen LogP contribution in [0.2, 0.25) is 0 Å². The van der Waals surface area contributed by atoms with Crippen molar-refractivity contribution in [3.05, 3.63) is 12.2 Å². The van der Waals surface area contributed by atoms with E-state index in [1.807, 2.05) is 0 Å². The van der Waals surface area contributed by atoms with Crippen molar-refractivity contribution in [1.82, 2.24) is 0 Å². The van der Waals surface area contributed by atoms with Gasteiger partial charge in [-0.1, -0.05) is 6.92 Å². The van der Waals surface area contributed by atoms with Crippen LogP contribution in [0.25, 0.3) is 0 Å². The Morgan fingerprint density at radius 1 is 1.18 bits per heavy atom. The molecule has 1 heterocycles. The van der Waals surface area contributed by atoms with Crippen molar-refractivity contribution < 1.29 is 19.4 Å². The number of rotatable bonds is 0. The van der Waals surface area contributed by atoms with Gasteiger partial charge in [0.25, 0.3) is 0 Å². The lowest BCUT2D eigenvalue weighted by Gasteiger charge is -2.55. The second-order valence-electron chi connectivity index (χ2n) is 8.28. The molecule has 0 aromatic heterocycles. The summed E-state index contributed by atoms with van der Waals surface area (Å²) in [5.74, 6) is 1.31. The van der Waals surface area contributed by atoms with Crippen LogP contribution < -0.4 is 0 Å². The smallest absolute Gasteiger partial charge is 0.187 e. The third kappa shape index (κ3) is 1.26.